The van der Waals surface area contributed by atoms with Crippen LogP contribution in [0.3, 0.4) is 0 Å². The van der Waals surface area contributed by atoms with Crippen molar-refractivity contribution in [2.45, 2.75) is 38.5 Å². The molecular weight excluding hydrogens is 469 g/mol. The molecule has 35 heavy (non-hydrogen) atoms. The lowest BCUT2D eigenvalue weighted by Crippen LogP contribution is -2.41. The summed E-state index contributed by atoms with van der Waals surface area (Å²) in [6, 6.07) is 12.3. The van der Waals surface area contributed by atoms with Crippen LogP contribution >= 0.6 is 0 Å². The summed E-state index contributed by atoms with van der Waals surface area (Å²) < 4.78 is 47.3. The van der Waals surface area contributed by atoms with Crippen molar-refractivity contribution in [2.75, 3.05) is 18.4 Å². The number of amides is 1. The van der Waals surface area contributed by atoms with Crippen molar-refractivity contribution in [3.05, 3.63) is 76.4 Å². The van der Waals surface area contributed by atoms with Crippen LogP contribution in [0.2, 0.25) is 0 Å². The Morgan fingerprint density at radius 1 is 1.09 bits per heavy atom. The van der Waals surface area contributed by atoms with Gasteiger partial charge in [-0.15, -0.1) is 0 Å². The Morgan fingerprint density at radius 3 is 2.43 bits per heavy atom. The minimum atomic E-state index is -3.86. The molecule has 1 aliphatic rings. The van der Waals surface area contributed by atoms with Gasteiger partial charge in [-0.3, -0.25) is 4.79 Å². The molecule has 0 spiro atoms. The second kappa shape index (κ2) is 10.1. The molecule has 0 saturated carbocycles. The Bertz CT molecular complexity index is 1360. The van der Waals surface area contributed by atoms with E-state index in [4.69, 9.17) is 4.52 Å². The number of carbonyl (C=O) groups is 1. The third kappa shape index (κ3) is 5.52. The zero-order valence-corrected chi connectivity index (χ0v) is 20.7. The second-order valence-corrected chi connectivity index (χ2v) is 10.7. The van der Waals surface area contributed by atoms with Gasteiger partial charge in [0.2, 0.25) is 15.9 Å². The summed E-state index contributed by atoms with van der Waals surface area (Å²) in [6.07, 6.45) is 4.11. The Balaban J connectivity index is 1.44. The normalized spacial score (nSPS) is 15.5. The first-order valence-corrected chi connectivity index (χ1v) is 12.9. The maximum atomic E-state index is 13.8. The first-order chi connectivity index (χ1) is 16.6. The van der Waals surface area contributed by atoms with E-state index in [0.717, 1.165) is 11.1 Å². The molecular formula is C26H28FN3O4S. The van der Waals surface area contributed by atoms with Gasteiger partial charge in [-0.05, 0) is 62.9 Å². The average Bonchev–Trinajstić information content (AvgIpc) is 3.22. The third-order valence-electron chi connectivity index (χ3n) is 6.20. The molecule has 1 saturated heterocycles. The van der Waals surface area contributed by atoms with Gasteiger partial charge in [0.25, 0.3) is 0 Å². The van der Waals surface area contributed by atoms with E-state index in [1.807, 2.05) is 31.2 Å². The van der Waals surface area contributed by atoms with Crippen molar-refractivity contribution < 1.29 is 22.1 Å². The smallest absolute Gasteiger partial charge is 0.248 e. The van der Waals surface area contributed by atoms with E-state index in [0.29, 0.717) is 24.1 Å². The second-order valence-electron chi connectivity index (χ2n) is 8.84. The van der Waals surface area contributed by atoms with E-state index < -0.39 is 10.0 Å². The Morgan fingerprint density at radius 2 is 1.77 bits per heavy atom. The molecule has 0 unspecified atom stereocenters. The monoisotopic (exact) mass is 497 g/mol. The number of aryl methyl sites for hydroxylation is 3. The van der Waals surface area contributed by atoms with Crippen molar-refractivity contribution in [2.24, 2.45) is 5.92 Å². The maximum Gasteiger partial charge on any atom is 0.248 e. The molecule has 0 bridgehead atoms. The fraction of sp³-hybridized carbons (Fsp3) is 0.308. The van der Waals surface area contributed by atoms with Crippen LogP contribution in [0.1, 0.15) is 41.0 Å². The highest BCUT2D eigenvalue weighted by Crippen LogP contribution is 2.30. The topological polar surface area (TPSA) is 92.5 Å². The minimum Gasteiger partial charge on any atom is -0.355 e. The summed E-state index contributed by atoms with van der Waals surface area (Å²) in [6.45, 7) is 5.62. The number of carbonyl (C=O) groups excluding carboxylic acids is 1. The number of aromatic nitrogens is 1. The number of halogens is 1. The molecule has 1 aromatic heterocycles. The number of nitrogens with one attached hydrogen (secondary N) is 1. The predicted octanol–water partition coefficient (Wildman–Crippen LogP) is 4.95. The average molecular weight is 498 g/mol. The van der Waals surface area contributed by atoms with Crippen LogP contribution in [-0.4, -0.2) is 36.9 Å². The number of piperidine rings is 1. The van der Waals surface area contributed by atoms with Crippen LogP contribution in [0.5, 0.6) is 0 Å². The number of sulfonamides is 1. The van der Waals surface area contributed by atoms with Crippen molar-refractivity contribution in [1.29, 1.82) is 0 Å². The van der Waals surface area contributed by atoms with E-state index >= 15 is 0 Å². The zero-order valence-electron chi connectivity index (χ0n) is 19.9. The molecule has 184 valence electrons. The van der Waals surface area contributed by atoms with Gasteiger partial charge in [-0.1, -0.05) is 47.1 Å². The fourth-order valence-corrected chi connectivity index (χ4v) is 5.77. The minimum absolute atomic E-state index is 0.0406. The van der Waals surface area contributed by atoms with Gasteiger partial charge in [0.15, 0.2) is 10.7 Å². The zero-order chi connectivity index (χ0) is 25.2. The summed E-state index contributed by atoms with van der Waals surface area (Å²) in [7, 11) is -3.86. The van der Waals surface area contributed by atoms with Crippen LogP contribution in [0, 0.1) is 32.5 Å². The molecule has 7 nitrogen and oxygen atoms in total. The third-order valence-corrected chi connectivity index (χ3v) is 8.26. The quantitative estimate of drug-likeness (QED) is 0.520. The van der Waals surface area contributed by atoms with E-state index in [2.05, 4.69) is 10.5 Å². The van der Waals surface area contributed by atoms with Crippen molar-refractivity contribution in [3.63, 3.8) is 0 Å². The summed E-state index contributed by atoms with van der Waals surface area (Å²) in [5.41, 5.74) is 3.21. The molecule has 0 radical (unpaired) electrons. The molecule has 2 aromatic carbocycles. The Labute approximate surface area is 204 Å². The Hall–Kier alpha value is -3.30. The highest BCUT2D eigenvalue weighted by atomic mass is 32.2. The molecule has 9 heteroatoms. The number of anilines is 1. The maximum absolute atomic E-state index is 13.8. The highest BCUT2D eigenvalue weighted by Gasteiger charge is 2.36. The van der Waals surface area contributed by atoms with Gasteiger partial charge >= 0.3 is 0 Å². The molecule has 1 amide bonds. The van der Waals surface area contributed by atoms with Crippen LogP contribution in [0.4, 0.5) is 10.1 Å². The summed E-state index contributed by atoms with van der Waals surface area (Å²) in [4.78, 5) is 12.7. The lowest BCUT2D eigenvalue weighted by Gasteiger charge is -2.30. The largest absolute Gasteiger partial charge is 0.355 e. The van der Waals surface area contributed by atoms with E-state index in [9.17, 15) is 17.6 Å². The SMILES string of the molecule is Cc1ccc(C=Cc2onc(C)c2S(=O)(=O)N2CCC(C(=O)Nc3ccc(C)c(F)c3)CC2)cc1. The molecule has 4 rings (SSSR count). The molecule has 1 fully saturated rings. The van der Waals surface area contributed by atoms with Crippen molar-refractivity contribution in [3.8, 4) is 0 Å². The first-order valence-electron chi connectivity index (χ1n) is 11.4. The first kappa shape index (κ1) is 24.8. The number of hydrogen-bond acceptors (Lipinski definition) is 5. The standard InChI is InChI=1S/C26H28FN3O4S/c1-17-4-7-20(8-5-17)9-11-24-25(19(3)29-34-24)35(32,33)30-14-12-21(13-15-30)26(31)28-22-10-6-18(2)23(27)16-22/h4-11,16,21H,12-15H2,1-3H3,(H,28,31). The van der Waals surface area contributed by atoms with Gasteiger partial charge in [-0.25, -0.2) is 12.8 Å². The summed E-state index contributed by atoms with van der Waals surface area (Å²) in [5, 5.41) is 6.61. The van der Waals surface area contributed by atoms with Crippen LogP contribution in [0.15, 0.2) is 51.9 Å². The Kier molecular flexibility index (Phi) is 7.18. The van der Waals surface area contributed by atoms with Gasteiger partial charge in [0.05, 0.1) is 0 Å². The number of rotatable bonds is 6. The molecule has 2 heterocycles. The highest BCUT2D eigenvalue weighted by molar-refractivity contribution is 7.89. The van der Waals surface area contributed by atoms with Crippen LogP contribution in [0.25, 0.3) is 12.2 Å². The molecule has 1 N–H and O–H groups in total. The van der Waals surface area contributed by atoms with Gasteiger partial charge in [0, 0.05) is 24.7 Å². The fourth-order valence-electron chi connectivity index (χ4n) is 4.05. The number of benzene rings is 2. The summed E-state index contributed by atoms with van der Waals surface area (Å²) >= 11 is 0. The summed E-state index contributed by atoms with van der Waals surface area (Å²) in [5.74, 6) is -0.826. The number of nitrogens with zero attached hydrogens (tertiary/aromatic N) is 2. The van der Waals surface area contributed by atoms with E-state index in [-0.39, 0.29) is 47.1 Å². The molecule has 3 aromatic rings. The predicted molar refractivity (Wildman–Crippen MR) is 133 cm³/mol. The van der Waals surface area contributed by atoms with Gasteiger partial charge in [0.1, 0.15) is 11.5 Å². The van der Waals surface area contributed by atoms with Crippen molar-refractivity contribution >= 4 is 33.8 Å². The van der Waals surface area contributed by atoms with Crippen LogP contribution in [-0.2, 0) is 14.8 Å². The van der Waals surface area contributed by atoms with Crippen molar-refractivity contribution in [1.82, 2.24) is 9.46 Å². The molecule has 0 atom stereocenters. The van der Waals surface area contributed by atoms with Gasteiger partial charge in [-0.2, -0.15) is 4.31 Å². The number of hydrogen-bond donors (Lipinski definition) is 1. The van der Waals surface area contributed by atoms with Gasteiger partial charge < -0.3 is 9.84 Å². The molecule has 0 aliphatic carbocycles. The lowest BCUT2D eigenvalue weighted by molar-refractivity contribution is -0.120. The molecule has 1 aliphatic heterocycles. The van der Waals surface area contributed by atoms with Crippen LogP contribution < -0.4 is 5.32 Å². The lowest BCUT2D eigenvalue weighted by atomic mass is 9.97. The van der Waals surface area contributed by atoms with E-state index in [1.165, 1.54) is 10.4 Å². The van der Waals surface area contributed by atoms with E-state index in [1.54, 1.807) is 38.1 Å².